The van der Waals surface area contributed by atoms with Crippen LogP contribution in [0.4, 0.5) is 0 Å². The second-order valence-corrected chi connectivity index (χ2v) is 4.03. The number of hydrogen-bond acceptors (Lipinski definition) is 4. The van der Waals surface area contributed by atoms with Crippen molar-refractivity contribution < 1.29 is 14.6 Å². The molecule has 0 spiro atoms. The van der Waals surface area contributed by atoms with E-state index in [4.69, 9.17) is 9.47 Å². The van der Waals surface area contributed by atoms with Gasteiger partial charge in [0.05, 0.1) is 19.3 Å². The van der Waals surface area contributed by atoms with E-state index in [1.807, 2.05) is 0 Å². The van der Waals surface area contributed by atoms with Crippen molar-refractivity contribution in [3.05, 3.63) is 0 Å². The van der Waals surface area contributed by atoms with Gasteiger partial charge in [0.2, 0.25) is 0 Å². The Morgan fingerprint density at radius 3 is 3.00 bits per heavy atom. The molecule has 2 unspecified atom stereocenters. The molecule has 1 heterocycles. The third-order valence-electron chi connectivity index (χ3n) is 2.49. The maximum Gasteiger partial charge on any atom is 0.101 e. The van der Waals surface area contributed by atoms with E-state index in [9.17, 15) is 5.11 Å². The number of ether oxygens (including phenoxy) is 2. The molecular formula is C11H23NO3. The summed E-state index contributed by atoms with van der Waals surface area (Å²) < 4.78 is 10.8. The first-order valence-electron chi connectivity index (χ1n) is 5.91. The summed E-state index contributed by atoms with van der Waals surface area (Å²) in [7, 11) is 0. The summed E-state index contributed by atoms with van der Waals surface area (Å²) in [6.07, 6.45) is 3.02. The summed E-state index contributed by atoms with van der Waals surface area (Å²) >= 11 is 0. The molecule has 0 bridgehead atoms. The summed E-state index contributed by atoms with van der Waals surface area (Å²) in [5.41, 5.74) is 0. The van der Waals surface area contributed by atoms with Gasteiger partial charge in [0.25, 0.3) is 0 Å². The molecule has 0 amide bonds. The van der Waals surface area contributed by atoms with Crippen molar-refractivity contribution in [2.24, 2.45) is 0 Å². The molecule has 15 heavy (non-hydrogen) atoms. The molecule has 0 aromatic carbocycles. The van der Waals surface area contributed by atoms with E-state index in [2.05, 4.69) is 12.2 Å². The van der Waals surface area contributed by atoms with Crippen LogP contribution in [0.25, 0.3) is 0 Å². The molecule has 0 radical (unpaired) electrons. The molecule has 4 heteroatoms. The summed E-state index contributed by atoms with van der Waals surface area (Å²) in [6.45, 7) is 5.56. The summed E-state index contributed by atoms with van der Waals surface area (Å²) in [5.74, 6) is 0. The lowest BCUT2D eigenvalue weighted by Crippen LogP contribution is -2.26. The van der Waals surface area contributed by atoms with E-state index in [0.29, 0.717) is 13.2 Å². The van der Waals surface area contributed by atoms with Gasteiger partial charge in [-0.1, -0.05) is 13.3 Å². The Balaban J connectivity index is 1.90. The first kappa shape index (κ1) is 12.9. The molecule has 1 rings (SSSR count). The van der Waals surface area contributed by atoms with Crippen molar-refractivity contribution in [3.8, 4) is 0 Å². The Morgan fingerprint density at radius 1 is 1.47 bits per heavy atom. The summed E-state index contributed by atoms with van der Waals surface area (Å²) in [4.78, 5) is 0. The minimum Gasteiger partial charge on any atom is -0.388 e. The maximum atomic E-state index is 9.54. The monoisotopic (exact) mass is 217 g/mol. The number of unbranched alkanes of at least 4 members (excludes halogenated alkanes) is 1. The molecule has 0 saturated carbocycles. The normalized spacial score (nSPS) is 23.2. The average Bonchev–Trinajstić information content (AvgIpc) is 2.74. The van der Waals surface area contributed by atoms with Crippen molar-refractivity contribution in [2.75, 3.05) is 32.9 Å². The number of aliphatic hydroxyl groups is 1. The molecule has 2 atom stereocenters. The summed E-state index contributed by atoms with van der Waals surface area (Å²) in [5, 5.41) is 12.8. The molecule has 0 aromatic heterocycles. The molecule has 1 fully saturated rings. The first-order valence-corrected chi connectivity index (χ1v) is 5.91. The van der Waals surface area contributed by atoms with Crippen LogP contribution >= 0.6 is 0 Å². The Labute approximate surface area is 92.0 Å². The maximum absolute atomic E-state index is 9.54. The highest BCUT2D eigenvalue weighted by molar-refractivity contribution is 4.71. The molecule has 1 saturated heterocycles. The number of nitrogens with one attached hydrogen (secondary N) is 1. The van der Waals surface area contributed by atoms with Crippen LogP contribution in [-0.2, 0) is 9.47 Å². The van der Waals surface area contributed by atoms with Crippen LogP contribution in [0.1, 0.15) is 26.2 Å². The molecule has 0 aliphatic carbocycles. The van der Waals surface area contributed by atoms with Crippen LogP contribution < -0.4 is 5.32 Å². The van der Waals surface area contributed by atoms with E-state index in [1.54, 1.807) is 0 Å². The summed E-state index contributed by atoms with van der Waals surface area (Å²) in [6, 6.07) is 0. The minimum atomic E-state index is -0.484. The van der Waals surface area contributed by atoms with Gasteiger partial charge in [-0.3, -0.25) is 0 Å². The van der Waals surface area contributed by atoms with Crippen molar-refractivity contribution in [1.29, 1.82) is 0 Å². The van der Waals surface area contributed by atoms with Crippen LogP contribution in [0, 0.1) is 0 Å². The predicted octanol–water partition coefficient (Wildman–Crippen LogP) is 0.542. The number of rotatable bonds is 8. The fourth-order valence-electron chi connectivity index (χ4n) is 1.53. The van der Waals surface area contributed by atoms with E-state index in [0.717, 1.165) is 39.0 Å². The van der Waals surface area contributed by atoms with Gasteiger partial charge in [-0.2, -0.15) is 0 Å². The Morgan fingerprint density at radius 2 is 2.33 bits per heavy atom. The van der Waals surface area contributed by atoms with Crippen LogP contribution in [-0.4, -0.2) is 50.2 Å². The van der Waals surface area contributed by atoms with Gasteiger partial charge in [0.1, 0.15) is 6.10 Å². The van der Waals surface area contributed by atoms with Gasteiger partial charge in [-0.15, -0.1) is 0 Å². The minimum absolute atomic E-state index is 0.273. The highest BCUT2D eigenvalue weighted by atomic mass is 16.5. The van der Waals surface area contributed by atoms with Gasteiger partial charge in [0, 0.05) is 13.2 Å². The zero-order chi connectivity index (χ0) is 10.9. The molecule has 2 N–H and O–H groups in total. The zero-order valence-corrected chi connectivity index (χ0v) is 9.58. The van der Waals surface area contributed by atoms with Gasteiger partial charge < -0.3 is 19.9 Å². The quantitative estimate of drug-likeness (QED) is 0.583. The third-order valence-corrected chi connectivity index (χ3v) is 2.49. The lowest BCUT2D eigenvalue weighted by molar-refractivity contribution is -0.0394. The van der Waals surface area contributed by atoms with E-state index >= 15 is 0 Å². The highest BCUT2D eigenvalue weighted by Crippen LogP contribution is 2.03. The highest BCUT2D eigenvalue weighted by Gasteiger charge is 2.16. The standard InChI is InChI=1S/C11H23NO3/c1-2-3-6-14-8-10(13)9-15-11-4-5-12-7-11/h10-13H,2-9H2,1H3. The van der Waals surface area contributed by atoms with Gasteiger partial charge in [-0.25, -0.2) is 0 Å². The van der Waals surface area contributed by atoms with E-state index < -0.39 is 6.10 Å². The predicted molar refractivity (Wildman–Crippen MR) is 59.0 cm³/mol. The topological polar surface area (TPSA) is 50.7 Å². The second-order valence-electron chi connectivity index (χ2n) is 4.03. The van der Waals surface area contributed by atoms with E-state index in [-0.39, 0.29) is 6.10 Å². The lowest BCUT2D eigenvalue weighted by Gasteiger charge is -2.15. The Hall–Kier alpha value is -0.160. The van der Waals surface area contributed by atoms with Crippen LogP contribution in [0.5, 0.6) is 0 Å². The molecule has 90 valence electrons. The zero-order valence-electron chi connectivity index (χ0n) is 9.58. The average molecular weight is 217 g/mol. The smallest absolute Gasteiger partial charge is 0.101 e. The third kappa shape index (κ3) is 6.10. The van der Waals surface area contributed by atoms with Gasteiger partial charge in [0.15, 0.2) is 0 Å². The molecule has 1 aliphatic heterocycles. The Kier molecular flexibility index (Phi) is 6.92. The fourth-order valence-corrected chi connectivity index (χ4v) is 1.53. The molecule has 0 aromatic rings. The number of hydrogen-bond donors (Lipinski definition) is 2. The largest absolute Gasteiger partial charge is 0.388 e. The second kappa shape index (κ2) is 8.05. The van der Waals surface area contributed by atoms with Gasteiger partial charge in [-0.05, 0) is 19.4 Å². The molecule has 4 nitrogen and oxygen atoms in total. The molecular weight excluding hydrogens is 194 g/mol. The van der Waals surface area contributed by atoms with Gasteiger partial charge >= 0.3 is 0 Å². The Bertz CT molecular complexity index is 149. The van der Waals surface area contributed by atoms with Crippen molar-refractivity contribution >= 4 is 0 Å². The fraction of sp³-hybridized carbons (Fsp3) is 1.00. The van der Waals surface area contributed by atoms with Crippen molar-refractivity contribution in [3.63, 3.8) is 0 Å². The van der Waals surface area contributed by atoms with E-state index in [1.165, 1.54) is 0 Å². The first-order chi connectivity index (χ1) is 7.33. The molecule has 1 aliphatic rings. The van der Waals surface area contributed by atoms with Crippen LogP contribution in [0.2, 0.25) is 0 Å². The lowest BCUT2D eigenvalue weighted by atomic mass is 10.3. The van der Waals surface area contributed by atoms with Crippen LogP contribution in [0.3, 0.4) is 0 Å². The van der Waals surface area contributed by atoms with Crippen molar-refractivity contribution in [2.45, 2.75) is 38.4 Å². The SMILES string of the molecule is CCCCOCC(O)COC1CCNC1. The van der Waals surface area contributed by atoms with Crippen molar-refractivity contribution in [1.82, 2.24) is 5.32 Å². The van der Waals surface area contributed by atoms with Crippen LogP contribution in [0.15, 0.2) is 0 Å². The number of aliphatic hydroxyl groups excluding tert-OH is 1.